The van der Waals surface area contributed by atoms with E-state index in [1.54, 1.807) is 4.90 Å². The molecule has 146 valence electrons. The van der Waals surface area contributed by atoms with Crippen molar-refractivity contribution in [3.63, 3.8) is 0 Å². The Labute approximate surface area is 163 Å². The Morgan fingerprint density at radius 1 is 1.41 bits per heavy atom. The maximum absolute atomic E-state index is 11.8. The molecule has 2 aliphatic heterocycles. The van der Waals surface area contributed by atoms with Gasteiger partial charge in [-0.3, -0.25) is 0 Å². The van der Waals surface area contributed by atoms with E-state index in [0.717, 1.165) is 48.4 Å². The third kappa shape index (κ3) is 3.40. The van der Waals surface area contributed by atoms with Crippen LogP contribution < -0.4 is 16.4 Å². The van der Waals surface area contributed by atoms with Gasteiger partial charge in [0.2, 0.25) is 0 Å². The number of carbonyl (C=O) groups is 1. The van der Waals surface area contributed by atoms with Gasteiger partial charge in [0, 0.05) is 25.7 Å². The molecule has 0 saturated carbocycles. The topological polar surface area (TPSA) is 115 Å². The Bertz CT molecular complexity index is 882. The normalized spacial score (nSPS) is 19.8. The number of methoxy groups -OCH3 is 1. The largest absolute Gasteiger partial charge is 0.453 e. The van der Waals surface area contributed by atoms with Crippen molar-refractivity contribution in [2.24, 2.45) is 5.73 Å². The Kier molecular flexibility index (Phi) is 5.43. The lowest BCUT2D eigenvalue weighted by Gasteiger charge is -2.32. The van der Waals surface area contributed by atoms with Crippen molar-refractivity contribution >= 4 is 41.1 Å². The number of anilines is 2. The summed E-state index contributed by atoms with van der Waals surface area (Å²) in [5, 5.41) is 4.40. The van der Waals surface area contributed by atoms with E-state index < -0.39 is 0 Å². The number of fused-ring (bicyclic) bond motifs is 1. The second-order valence-corrected chi connectivity index (χ2v) is 6.75. The Balaban J connectivity index is 0.00000210. The molecular formula is C17H24ClN7O2. The quantitative estimate of drug-likeness (QED) is 0.785. The summed E-state index contributed by atoms with van der Waals surface area (Å²) >= 11 is 0. The first-order valence-corrected chi connectivity index (χ1v) is 8.73. The summed E-state index contributed by atoms with van der Waals surface area (Å²) in [5.41, 5.74) is 16.0. The van der Waals surface area contributed by atoms with Crippen molar-refractivity contribution in [1.29, 1.82) is 0 Å². The molecule has 0 bridgehead atoms. The minimum Gasteiger partial charge on any atom is -0.453 e. The highest BCUT2D eigenvalue weighted by molar-refractivity contribution is 5.88. The average molecular weight is 394 g/mol. The zero-order chi connectivity index (χ0) is 18.3. The molecule has 9 nitrogen and oxygen atoms in total. The van der Waals surface area contributed by atoms with Gasteiger partial charge < -0.3 is 26.0 Å². The molecule has 2 aromatic heterocycles. The van der Waals surface area contributed by atoms with Crippen LogP contribution >= 0.6 is 12.4 Å². The number of ether oxygens (including phenoxy) is 1. The first-order chi connectivity index (χ1) is 12.6. The smallest absolute Gasteiger partial charge is 0.410 e. The van der Waals surface area contributed by atoms with Crippen LogP contribution in [-0.2, 0) is 4.74 Å². The van der Waals surface area contributed by atoms with Crippen molar-refractivity contribution in [2.75, 3.05) is 43.9 Å². The van der Waals surface area contributed by atoms with Crippen molar-refractivity contribution in [2.45, 2.75) is 18.9 Å². The van der Waals surface area contributed by atoms with Gasteiger partial charge in [0.25, 0.3) is 0 Å². The highest BCUT2D eigenvalue weighted by Crippen LogP contribution is 2.34. The van der Waals surface area contributed by atoms with Crippen LogP contribution in [0.4, 0.5) is 16.3 Å². The molecule has 0 radical (unpaired) electrons. The van der Waals surface area contributed by atoms with Gasteiger partial charge in [0.05, 0.1) is 25.0 Å². The number of nitrogen functional groups attached to an aromatic ring is 1. The summed E-state index contributed by atoms with van der Waals surface area (Å²) in [4.78, 5) is 19.8. The number of halogens is 1. The van der Waals surface area contributed by atoms with Gasteiger partial charge in [-0.15, -0.1) is 12.4 Å². The van der Waals surface area contributed by atoms with E-state index >= 15 is 0 Å². The van der Waals surface area contributed by atoms with Crippen LogP contribution in [0.15, 0.2) is 18.5 Å². The molecule has 0 aromatic carbocycles. The van der Waals surface area contributed by atoms with E-state index in [2.05, 4.69) is 21.0 Å². The molecule has 10 heteroatoms. The van der Waals surface area contributed by atoms with Gasteiger partial charge in [-0.2, -0.15) is 5.10 Å². The maximum atomic E-state index is 11.8. The third-order valence-electron chi connectivity index (χ3n) is 5.04. The molecule has 0 unspecified atom stereocenters. The summed E-state index contributed by atoms with van der Waals surface area (Å²) in [6, 6.07) is 2.22. The van der Waals surface area contributed by atoms with Crippen molar-refractivity contribution in [3.8, 4) is 0 Å². The molecule has 0 aliphatic carbocycles. The van der Waals surface area contributed by atoms with Crippen LogP contribution in [0.25, 0.3) is 11.1 Å². The minimum absolute atomic E-state index is 0. The maximum Gasteiger partial charge on any atom is 0.410 e. The summed E-state index contributed by atoms with van der Waals surface area (Å²) in [5.74, 6) is 0.434. The predicted octanol–water partition coefficient (Wildman–Crippen LogP) is 1.13. The highest BCUT2D eigenvalue weighted by Gasteiger charge is 2.27. The number of carbonyl (C=O) groups excluding carboxylic acids is 1. The zero-order valence-electron chi connectivity index (χ0n) is 15.2. The van der Waals surface area contributed by atoms with Crippen molar-refractivity contribution < 1.29 is 9.53 Å². The number of nitrogens with two attached hydrogens (primary N) is 2. The monoisotopic (exact) mass is 393 g/mol. The van der Waals surface area contributed by atoms with Crippen LogP contribution in [0.5, 0.6) is 0 Å². The molecule has 4 N–H and O–H groups in total. The number of hydrogen-bond donors (Lipinski definition) is 2. The fraction of sp³-hybridized carbons (Fsp3) is 0.471. The molecule has 4 heterocycles. The highest BCUT2D eigenvalue weighted by atomic mass is 35.5. The zero-order valence-corrected chi connectivity index (χ0v) is 16.0. The summed E-state index contributed by atoms with van der Waals surface area (Å²) in [7, 11) is 1.39. The van der Waals surface area contributed by atoms with Crippen LogP contribution in [0.1, 0.15) is 18.5 Å². The first kappa shape index (κ1) is 19.2. The lowest BCUT2D eigenvalue weighted by molar-refractivity contribution is 0.135. The summed E-state index contributed by atoms with van der Waals surface area (Å²) < 4.78 is 6.63. The molecule has 1 amide bonds. The van der Waals surface area contributed by atoms with Gasteiger partial charge in [-0.25, -0.2) is 14.3 Å². The lowest BCUT2D eigenvalue weighted by Crippen LogP contribution is -2.42. The van der Waals surface area contributed by atoms with Crippen molar-refractivity contribution in [1.82, 2.24) is 19.5 Å². The number of rotatable bonds is 2. The number of nitrogens with zero attached hydrogens (tertiary/aromatic N) is 5. The molecule has 0 spiro atoms. The van der Waals surface area contributed by atoms with E-state index in [9.17, 15) is 4.79 Å². The van der Waals surface area contributed by atoms with Gasteiger partial charge in [-0.1, -0.05) is 6.08 Å². The van der Waals surface area contributed by atoms with Crippen LogP contribution in [0, 0.1) is 0 Å². The van der Waals surface area contributed by atoms with E-state index in [0.29, 0.717) is 18.9 Å². The van der Waals surface area contributed by atoms with E-state index in [4.69, 9.17) is 16.2 Å². The average Bonchev–Trinajstić information content (AvgIpc) is 3.26. The molecule has 2 aromatic rings. The minimum atomic E-state index is -0.339. The number of amides is 1. The second-order valence-electron chi connectivity index (χ2n) is 6.75. The van der Waals surface area contributed by atoms with E-state index in [1.807, 2.05) is 10.6 Å². The van der Waals surface area contributed by atoms with Gasteiger partial charge in [0.1, 0.15) is 11.8 Å². The van der Waals surface area contributed by atoms with Crippen LogP contribution in [0.3, 0.4) is 0 Å². The van der Waals surface area contributed by atoms with E-state index in [1.165, 1.54) is 13.4 Å². The fourth-order valence-electron chi connectivity index (χ4n) is 3.76. The number of piperidine rings is 1. The molecule has 1 fully saturated rings. The first-order valence-electron chi connectivity index (χ1n) is 8.73. The number of hydrogen-bond acceptors (Lipinski definition) is 7. The predicted molar refractivity (Wildman–Crippen MR) is 106 cm³/mol. The van der Waals surface area contributed by atoms with Crippen LogP contribution in [-0.4, -0.2) is 64.9 Å². The summed E-state index contributed by atoms with van der Waals surface area (Å²) in [6.07, 6.45) is 5.20. The molecule has 27 heavy (non-hydrogen) atoms. The van der Waals surface area contributed by atoms with Gasteiger partial charge in [0.15, 0.2) is 5.82 Å². The van der Waals surface area contributed by atoms with Crippen LogP contribution in [0.2, 0.25) is 0 Å². The third-order valence-corrected chi connectivity index (χ3v) is 5.04. The Hall–Kier alpha value is -2.52. The Morgan fingerprint density at radius 2 is 2.22 bits per heavy atom. The Morgan fingerprint density at radius 3 is 2.96 bits per heavy atom. The van der Waals surface area contributed by atoms with Crippen molar-refractivity contribution in [3.05, 3.63) is 24.2 Å². The lowest BCUT2D eigenvalue weighted by atomic mass is 10.1. The van der Waals surface area contributed by atoms with Gasteiger partial charge >= 0.3 is 6.09 Å². The molecule has 4 rings (SSSR count). The standard InChI is InChI=1S/C17H23N7O2.ClH/c1-26-17(25)23-6-4-11(8-23)13-7-14(22-5-2-3-12(18)9-22)15-16(19)20-10-21-24(13)15;/h4,7,10,12H,2-3,5-6,8-9,18H2,1H3,(H2,19,20,21);1H/t12-;/m1./s1. The molecule has 2 aliphatic rings. The second kappa shape index (κ2) is 7.61. The van der Waals surface area contributed by atoms with E-state index in [-0.39, 0.29) is 24.5 Å². The SMILES string of the molecule is COC(=O)N1CC=C(c2cc(N3CCC[C@@H](N)C3)c3c(N)ncnn23)C1.Cl. The summed E-state index contributed by atoms with van der Waals surface area (Å²) in [6.45, 7) is 2.69. The molecular weight excluding hydrogens is 370 g/mol. The van der Waals surface area contributed by atoms with Gasteiger partial charge in [-0.05, 0) is 24.5 Å². The molecule has 1 saturated heterocycles. The number of aromatic nitrogens is 3. The molecule has 1 atom stereocenters. The fourth-order valence-corrected chi connectivity index (χ4v) is 3.76.